The molecule has 2 unspecified atom stereocenters. The predicted octanol–water partition coefficient (Wildman–Crippen LogP) is 2.21. The number of carbonyl (C=O) groups is 1. The molecule has 0 N–H and O–H groups in total. The summed E-state index contributed by atoms with van der Waals surface area (Å²) >= 11 is 0. The summed E-state index contributed by atoms with van der Waals surface area (Å²) < 4.78 is 16.8. The topological polar surface area (TPSA) is 46.6 Å². The zero-order valence-corrected chi connectivity index (χ0v) is 13.8. The van der Waals surface area contributed by atoms with Crippen molar-refractivity contribution in [3.8, 4) is 0 Å². The molecule has 2 fully saturated rings. The Labute approximate surface area is 134 Å². The van der Waals surface area contributed by atoms with Gasteiger partial charge in [0.05, 0.1) is 6.61 Å². The van der Waals surface area contributed by atoms with E-state index in [0.717, 1.165) is 44.6 Å². The highest BCUT2D eigenvalue weighted by Gasteiger charge is 2.35. The van der Waals surface area contributed by atoms with Crippen LogP contribution in [0, 0.1) is 5.92 Å². The van der Waals surface area contributed by atoms with Crippen molar-refractivity contribution in [3.63, 3.8) is 0 Å². The molecule has 1 aliphatic carbocycles. The van der Waals surface area contributed by atoms with Crippen LogP contribution in [0.15, 0.2) is 24.3 Å². The van der Waals surface area contributed by atoms with E-state index >= 15 is 0 Å². The number of amides is 1. The van der Waals surface area contributed by atoms with Crippen LogP contribution in [0.1, 0.15) is 35.2 Å². The number of hydrogen-bond acceptors (Lipinski definition) is 3. The van der Waals surface area contributed by atoms with E-state index in [1.54, 1.807) is 6.26 Å². The quantitative estimate of drug-likeness (QED) is 0.807. The highest BCUT2D eigenvalue weighted by atomic mass is 32.2. The van der Waals surface area contributed by atoms with E-state index in [2.05, 4.69) is 0 Å². The molecule has 22 heavy (non-hydrogen) atoms. The maximum Gasteiger partial charge on any atom is 0.254 e. The van der Waals surface area contributed by atoms with Crippen molar-refractivity contribution in [3.05, 3.63) is 35.4 Å². The number of nitrogens with zero attached hydrogens (tertiary/aromatic N) is 1. The Morgan fingerprint density at radius 3 is 2.82 bits per heavy atom. The average molecular weight is 321 g/mol. The van der Waals surface area contributed by atoms with Gasteiger partial charge in [-0.2, -0.15) is 0 Å². The van der Waals surface area contributed by atoms with Crippen molar-refractivity contribution < 1.29 is 13.7 Å². The van der Waals surface area contributed by atoms with E-state index in [1.807, 2.05) is 29.2 Å². The molecule has 5 heteroatoms. The fourth-order valence-electron chi connectivity index (χ4n) is 2.98. The van der Waals surface area contributed by atoms with Gasteiger partial charge in [-0.05, 0) is 37.0 Å². The van der Waals surface area contributed by atoms with Crippen LogP contribution >= 0.6 is 0 Å². The average Bonchev–Trinajstić information content (AvgIpc) is 3.20. The van der Waals surface area contributed by atoms with Crippen molar-refractivity contribution in [2.75, 3.05) is 26.0 Å². The molecule has 0 aromatic heterocycles. The molecule has 1 saturated carbocycles. The highest BCUT2D eigenvalue weighted by molar-refractivity contribution is 7.83. The van der Waals surface area contributed by atoms with Gasteiger partial charge >= 0.3 is 0 Å². The fraction of sp³-hybridized carbons (Fsp3) is 0.588. The van der Waals surface area contributed by atoms with Gasteiger partial charge in [-0.15, -0.1) is 0 Å². The molecular formula is C17H23NO3S. The summed E-state index contributed by atoms with van der Waals surface area (Å²) in [6.45, 7) is 2.38. The van der Waals surface area contributed by atoms with Crippen LogP contribution in [0.5, 0.6) is 0 Å². The van der Waals surface area contributed by atoms with Crippen LogP contribution in [-0.4, -0.2) is 47.1 Å². The maximum absolute atomic E-state index is 12.9. The molecule has 3 rings (SSSR count). The Hall–Kier alpha value is -1.20. The summed E-state index contributed by atoms with van der Waals surface area (Å²) in [4.78, 5) is 14.9. The third-order valence-electron chi connectivity index (χ3n) is 4.27. The SMILES string of the molecule is CS(=O)Cc1cccc(C(=O)N(CC2CCOC2)C2CC2)c1. The van der Waals surface area contributed by atoms with Crippen LogP contribution in [0.2, 0.25) is 0 Å². The first kappa shape index (κ1) is 15.7. The monoisotopic (exact) mass is 321 g/mol. The second kappa shape index (κ2) is 6.92. The van der Waals surface area contributed by atoms with E-state index in [1.165, 1.54) is 0 Å². The lowest BCUT2D eigenvalue weighted by Crippen LogP contribution is -2.37. The smallest absolute Gasteiger partial charge is 0.254 e. The number of benzene rings is 1. The van der Waals surface area contributed by atoms with E-state index in [-0.39, 0.29) is 5.91 Å². The highest BCUT2D eigenvalue weighted by Crippen LogP contribution is 2.30. The fourth-order valence-corrected chi connectivity index (χ4v) is 3.63. The summed E-state index contributed by atoms with van der Waals surface area (Å²) in [6.07, 6.45) is 4.95. The van der Waals surface area contributed by atoms with Crippen molar-refractivity contribution in [2.24, 2.45) is 5.92 Å². The molecule has 2 atom stereocenters. The Morgan fingerprint density at radius 2 is 2.18 bits per heavy atom. The first-order valence-electron chi connectivity index (χ1n) is 7.91. The van der Waals surface area contributed by atoms with E-state index in [9.17, 15) is 9.00 Å². The summed E-state index contributed by atoms with van der Waals surface area (Å²) in [6, 6.07) is 7.98. The van der Waals surface area contributed by atoms with Gasteiger partial charge in [0.1, 0.15) is 0 Å². The molecule has 1 aromatic carbocycles. The standard InChI is InChI=1S/C17H23NO3S/c1-22(20)12-13-3-2-4-15(9-13)17(19)18(16-5-6-16)10-14-7-8-21-11-14/h2-4,9,14,16H,5-8,10-12H2,1H3. The summed E-state index contributed by atoms with van der Waals surface area (Å²) in [5.41, 5.74) is 1.68. The summed E-state index contributed by atoms with van der Waals surface area (Å²) in [5, 5.41) is 0. The van der Waals surface area contributed by atoms with Crippen LogP contribution < -0.4 is 0 Å². The zero-order valence-electron chi connectivity index (χ0n) is 13.0. The molecule has 1 saturated heterocycles. The minimum atomic E-state index is -0.890. The molecule has 1 heterocycles. The number of ether oxygens (including phenoxy) is 1. The van der Waals surface area contributed by atoms with Crippen LogP contribution in [0.4, 0.5) is 0 Å². The Kier molecular flexibility index (Phi) is 4.93. The molecule has 120 valence electrons. The molecule has 0 radical (unpaired) electrons. The second-order valence-electron chi connectivity index (χ2n) is 6.34. The van der Waals surface area contributed by atoms with Gasteiger partial charge in [0.2, 0.25) is 0 Å². The number of carbonyl (C=O) groups excluding carboxylic acids is 1. The largest absolute Gasteiger partial charge is 0.381 e. The van der Waals surface area contributed by atoms with Gasteiger partial charge in [0.25, 0.3) is 5.91 Å². The first-order valence-corrected chi connectivity index (χ1v) is 9.64. The van der Waals surface area contributed by atoms with Crippen molar-refractivity contribution in [2.45, 2.75) is 31.1 Å². The molecule has 2 aliphatic rings. The molecule has 1 aliphatic heterocycles. The van der Waals surface area contributed by atoms with Crippen molar-refractivity contribution in [1.82, 2.24) is 4.90 Å². The third kappa shape index (κ3) is 3.96. The van der Waals surface area contributed by atoms with Gasteiger partial charge in [-0.25, -0.2) is 0 Å². The van der Waals surface area contributed by atoms with Crippen LogP contribution in [0.25, 0.3) is 0 Å². The number of hydrogen-bond donors (Lipinski definition) is 0. The van der Waals surface area contributed by atoms with Crippen LogP contribution in [-0.2, 0) is 21.3 Å². The lowest BCUT2D eigenvalue weighted by Gasteiger charge is -2.25. The second-order valence-corrected chi connectivity index (χ2v) is 7.77. The first-order chi connectivity index (χ1) is 10.6. The van der Waals surface area contributed by atoms with E-state index < -0.39 is 10.8 Å². The van der Waals surface area contributed by atoms with Crippen molar-refractivity contribution in [1.29, 1.82) is 0 Å². The normalized spacial score (nSPS) is 22.5. The van der Waals surface area contributed by atoms with Gasteiger partial charge in [0.15, 0.2) is 0 Å². The Morgan fingerprint density at radius 1 is 1.36 bits per heavy atom. The number of rotatable bonds is 6. The lowest BCUT2D eigenvalue weighted by molar-refractivity contribution is 0.0706. The predicted molar refractivity (Wildman–Crippen MR) is 87.2 cm³/mol. The summed E-state index contributed by atoms with van der Waals surface area (Å²) in [7, 11) is -0.890. The molecule has 0 spiro atoms. The van der Waals surface area contributed by atoms with E-state index in [0.29, 0.717) is 23.3 Å². The third-order valence-corrected chi connectivity index (χ3v) is 5.01. The van der Waals surface area contributed by atoms with E-state index in [4.69, 9.17) is 4.74 Å². The van der Waals surface area contributed by atoms with Crippen molar-refractivity contribution >= 4 is 16.7 Å². The maximum atomic E-state index is 12.9. The molecule has 0 bridgehead atoms. The molecule has 4 nitrogen and oxygen atoms in total. The van der Waals surface area contributed by atoms with Crippen LogP contribution in [0.3, 0.4) is 0 Å². The van der Waals surface area contributed by atoms with Gasteiger partial charge < -0.3 is 9.64 Å². The molecular weight excluding hydrogens is 298 g/mol. The Balaban J connectivity index is 1.73. The lowest BCUT2D eigenvalue weighted by atomic mass is 10.1. The summed E-state index contributed by atoms with van der Waals surface area (Å²) in [5.74, 6) is 1.08. The molecule has 1 amide bonds. The molecule has 1 aromatic rings. The Bertz CT molecular complexity index is 565. The minimum Gasteiger partial charge on any atom is -0.381 e. The van der Waals surface area contributed by atoms with Gasteiger partial charge in [0, 0.05) is 53.5 Å². The minimum absolute atomic E-state index is 0.109. The van der Waals surface area contributed by atoms with Gasteiger partial charge in [-0.1, -0.05) is 12.1 Å². The zero-order chi connectivity index (χ0) is 15.5. The van der Waals surface area contributed by atoms with Gasteiger partial charge in [-0.3, -0.25) is 9.00 Å².